The highest BCUT2D eigenvalue weighted by molar-refractivity contribution is 5.62. The minimum absolute atomic E-state index is 0.225. The molecule has 2 rings (SSSR count). The molecule has 5 heteroatoms. The van der Waals surface area contributed by atoms with Crippen LogP contribution in [-0.4, -0.2) is 29.9 Å². The Hall–Kier alpha value is -2.50. The smallest absolute Gasteiger partial charge is 0.118 e. The van der Waals surface area contributed by atoms with Crippen LogP contribution >= 0.6 is 0 Å². The van der Waals surface area contributed by atoms with Crippen LogP contribution in [0.5, 0.6) is 5.75 Å². The van der Waals surface area contributed by atoms with E-state index in [9.17, 15) is 5.11 Å². The molecule has 5 N–H and O–H groups in total. The molecule has 1 aliphatic rings. The first-order valence-corrected chi connectivity index (χ1v) is 11.0. The summed E-state index contributed by atoms with van der Waals surface area (Å²) in [7, 11) is 1.64. The van der Waals surface area contributed by atoms with Gasteiger partial charge in [-0.15, -0.1) is 0 Å². The summed E-state index contributed by atoms with van der Waals surface area (Å²) in [6.07, 6.45) is 8.18. The molecular formula is C26H39N3O2. The molecule has 0 radical (unpaired) electrons. The molecule has 3 atom stereocenters. The average Bonchev–Trinajstić information content (AvgIpc) is 2.74. The van der Waals surface area contributed by atoms with Gasteiger partial charge in [0.05, 0.1) is 25.5 Å². The Balaban J connectivity index is 2.10. The number of hydrogen-bond acceptors (Lipinski definition) is 5. The van der Waals surface area contributed by atoms with E-state index in [2.05, 4.69) is 26.2 Å². The zero-order valence-electron chi connectivity index (χ0n) is 19.3. The topological polar surface area (TPSA) is 84.7 Å². The van der Waals surface area contributed by atoms with Gasteiger partial charge >= 0.3 is 0 Å². The van der Waals surface area contributed by atoms with Gasteiger partial charge < -0.3 is 20.6 Å². The van der Waals surface area contributed by atoms with Gasteiger partial charge in [-0.2, -0.15) is 0 Å². The lowest BCUT2D eigenvalue weighted by Crippen LogP contribution is -2.29. The molecule has 0 saturated carbocycles. The van der Waals surface area contributed by atoms with E-state index < -0.39 is 0 Å². The predicted octanol–water partition coefficient (Wildman–Crippen LogP) is 4.76. The number of hydrazine groups is 1. The van der Waals surface area contributed by atoms with E-state index >= 15 is 0 Å². The molecule has 3 unspecified atom stereocenters. The minimum Gasteiger partial charge on any atom is -0.497 e. The summed E-state index contributed by atoms with van der Waals surface area (Å²) in [5, 5.41) is 12.3. The summed E-state index contributed by atoms with van der Waals surface area (Å²) in [5.74, 6) is 7.55. The van der Waals surface area contributed by atoms with Gasteiger partial charge in [-0.25, -0.2) is 5.84 Å². The van der Waals surface area contributed by atoms with Crippen LogP contribution in [0.3, 0.4) is 0 Å². The van der Waals surface area contributed by atoms with Crippen LogP contribution in [0.25, 0.3) is 5.70 Å². The largest absolute Gasteiger partial charge is 0.497 e. The van der Waals surface area contributed by atoms with Crippen molar-refractivity contribution < 1.29 is 9.84 Å². The van der Waals surface area contributed by atoms with Gasteiger partial charge in [-0.1, -0.05) is 37.3 Å². The molecule has 0 saturated heterocycles. The third-order valence-corrected chi connectivity index (χ3v) is 6.21. The van der Waals surface area contributed by atoms with E-state index in [1.54, 1.807) is 18.3 Å². The number of hydrogen-bond donors (Lipinski definition) is 3. The first-order valence-electron chi connectivity index (χ1n) is 11.0. The number of ether oxygens (including phenoxy) is 1. The maximum Gasteiger partial charge on any atom is 0.118 e. The Morgan fingerprint density at radius 3 is 2.55 bits per heavy atom. The normalized spacial score (nSPS) is 24.6. The van der Waals surface area contributed by atoms with Gasteiger partial charge in [0.2, 0.25) is 0 Å². The fourth-order valence-electron chi connectivity index (χ4n) is 3.97. The molecular weight excluding hydrogens is 386 g/mol. The molecule has 0 amide bonds. The number of aliphatic hydroxyl groups excluding tert-OH is 1. The summed E-state index contributed by atoms with van der Waals surface area (Å²) in [5.41, 5.74) is 11.1. The Morgan fingerprint density at radius 1 is 1.26 bits per heavy atom. The number of nitrogens with zero attached hydrogens (tertiary/aromatic N) is 1. The van der Waals surface area contributed by atoms with Crippen LogP contribution in [-0.2, 0) is 0 Å². The van der Waals surface area contributed by atoms with Gasteiger partial charge in [0.25, 0.3) is 0 Å². The maximum absolute atomic E-state index is 10.6. The monoisotopic (exact) mass is 425 g/mol. The van der Waals surface area contributed by atoms with Gasteiger partial charge in [0.15, 0.2) is 0 Å². The van der Waals surface area contributed by atoms with Crippen LogP contribution in [0.15, 0.2) is 66.4 Å². The molecule has 5 nitrogen and oxygen atoms in total. The Kier molecular flexibility index (Phi) is 9.41. The maximum atomic E-state index is 10.6. The third-order valence-electron chi connectivity index (χ3n) is 6.21. The Morgan fingerprint density at radius 2 is 1.94 bits per heavy atom. The summed E-state index contributed by atoms with van der Waals surface area (Å²) >= 11 is 0. The molecule has 170 valence electrons. The number of nitrogens with two attached hydrogens (primary N) is 2. The highest BCUT2D eigenvalue weighted by atomic mass is 16.5. The summed E-state index contributed by atoms with van der Waals surface area (Å²) in [6, 6.07) is 7.60. The van der Waals surface area contributed by atoms with E-state index in [0.717, 1.165) is 54.6 Å². The Labute approximate surface area is 187 Å². The molecule has 1 aromatic rings. The lowest BCUT2D eigenvalue weighted by molar-refractivity contribution is 0.0890. The van der Waals surface area contributed by atoms with Crippen molar-refractivity contribution in [3.05, 3.63) is 72.0 Å². The van der Waals surface area contributed by atoms with Crippen LogP contribution in [0.4, 0.5) is 0 Å². The third kappa shape index (κ3) is 7.60. The number of methoxy groups -OCH3 is 1. The molecule has 31 heavy (non-hydrogen) atoms. The number of allylic oxidation sites excluding steroid dienone is 3. The minimum atomic E-state index is -0.311. The SMILES string of the molecule is C=C(C)C(=C)C1CC/C(CN(N)/C=C(\N)c2ccc(OC)cc2)=C\CCC(C)C(O)C1. The van der Waals surface area contributed by atoms with E-state index in [1.165, 1.54) is 5.57 Å². The number of rotatable bonds is 7. The fraction of sp³-hybridized carbons (Fsp3) is 0.462. The highest BCUT2D eigenvalue weighted by Crippen LogP contribution is 2.31. The van der Waals surface area contributed by atoms with Gasteiger partial charge in [-0.3, -0.25) is 0 Å². The van der Waals surface area contributed by atoms with Crippen LogP contribution in [0, 0.1) is 11.8 Å². The molecule has 1 aliphatic carbocycles. The first kappa shape index (κ1) is 24.8. The molecule has 0 aromatic heterocycles. The highest BCUT2D eigenvalue weighted by Gasteiger charge is 2.23. The zero-order chi connectivity index (χ0) is 23.0. The van der Waals surface area contributed by atoms with E-state index in [4.69, 9.17) is 16.3 Å². The van der Waals surface area contributed by atoms with Gasteiger partial charge in [0, 0.05) is 6.20 Å². The number of aliphatic hydroxyl groups is 1. The average molecular weight is 426 g/mol. The lowest BCUT2D eigenvalue weighted by atomic mass is 9.81. The van der Waals surface area contributed by atoms with Crippen LogP contribution in [0.1, 0.15) is 51.5 Å². The predicted molar refractivity (Wildman–Crippen MR) is 130 cm³/mol. The van der Waals surface area contributed by atoms with Crippen molar-refractivity contribution in [3.8, 4) is 5.75 Å². The second kappa shape index (κ2) is 11.8. The Bertz CT molecular complexity index is 810. The molecule has 0 aliphatic heterocycles. The molecule has 0 heterocycles. The summed E-state index contributed by atoms with van der Waals surface area (Å²) < 4.78 is 5.20. The number of benzene rings is 1. The molecule has 1 aromatic carbocycles. The first-order chi connectivity index (χ1) is 14.7. The van der Waals surface area contributed by atoms with Gasteiger partial charge in [0.1, 0.15) is 5.75 Å². The second-order valence-electron chi connectivity index (χ2n) is 8.75. The summed E-state index contributed by atoms with van der Waals surface area (Å²) in [6.45, 7) is 13.0. The van der Waals surface area contributed by atoms with Crippen molar-refractivity contribution in [1.29, 1.82) is 0 Å². The second-order valence-corrected chi connectivity index (χ2v) is 8.75. The fourth-order valence-corrected chi connectivity index (χ4v) is 3.97. The molecule has 0 bridgehead atoms. The van der Waals surface area contributed by atoms with E-state index in [0.29, 0.717) is 12.2 Å². The van der Waals surface area contributed by atoms with Gasteiger partial charge in [-0.05, 0) is 86.3 Å². The lowest BCUT2D eigenvalue weighted by Gasteiger charge is -2.28. The van der Waals surface area contributed by atoms with Crippen molar-refractivity contribution in [1.82, 2.24) is 5.01 Å². The van der Waals surface area contributed by atoms with Crippen LogP contribution < -0.4 is 16.3 Å². The zero-order valence-corrected chi connectivity index (χ0v) is 19.3. The van der Waals surface area contributed by atoms with Crippen molar-refractivity contribution in [2.75, 3.05) is 13.7 Å². The van der Waals surface area contributed by atoms with Crippen molar-refractivity contribution in [3.63, 3.8) is 0 Å². The standard InChI is InChI=1S/C26H39N3O2/c1-18(2)20(4)23-10-9-21(8-6-7-19(3)26(30)15-23)16-29(28)17-25(27)22-11-13-24(31-5)14-12-22/h8,11-14,17,19,23,26,30H,1,4,6-7,9-10,15-16,27-28H2,2-3,5H3/b21-8+,25-17-. The molecule has 0 fully saturated rings. The quantitative estimate of drug-likeness (QED) is 0.254. The summed E-state index contributed by atoms with van der Waals surface area (Å²) in [4.78, 5) is 0. The molecule has 0 spiro atoms. The van der Waals surface area contributed by atoms with Crippen LogP contribution in [0.2, 0.25) is 0 Å². The van der Waals surface area contributed by atoms with E-state index in [-0.39, 0.29) is 17.9 Å². The van der Waals surface area contributed by atoms with Crippen molar-refractivity contribution in [2.45, 2.75) is 52.1 Å². The van der Waals surface area contributed by atoms with Crippen molar-refractivity contribution >= 4 is 5.70 Å². The van der Waals surface area contributed by atoms with E-state index in [1.807, 2.05) is 31.2 Å². The van der Waals surface area contributed by atoms with Crippen molar-refractivity contribution in [2.24, 2.45) is 23.4 Å².